The maximum Gasteiger partial charge on any atom is 0.327 e. The van der Waals surface area contributed by atoms with E-state index in [1.54, 1.807) is 18.2 Å². The highest BCUT2D eigenvalue weighted by atomic mass is 16.6. The molecule has 2 aromatic carbocycles. The lowest BCUT2D eigenvalue weighted by atomic mass is 10.1. The summed E-state index contributed by atoms with van der Waals surface area (Å²) in [4.78, 5) is 23.8. The molecule has 0 saturated carbocycles. The van der Waals surface area contributed by atoms with Crippen LogP contribution in [0.25, 0.3) is 0 Å². The number of hydrogen-bond acceptors (Lipinski definition) is 8. The number of amides is 1. The van der Waals surface area contributed by atoms with Gasteiger partial charge < -0.3 is 29.0 Å². The Balaban J connectivity index is 2.32. The molecule has 2 aromatic rings. The van der Waals surface area contributed by atoms with E-state index in [0.717, 1.165) is 12.0 Å². The van der Waals surface area contributed by atoms with E-state index in [-0.39, 0.29) is 29.4 Å². The summed E-state index contributed by atoms with van der Waals surface area (Å²) in [5.41, 5.74) is -0.00273. The van der Waals surface area contributed by atoms with E-state index in [9.17, 15) is 14.9 Å². The van der Waals surface area contributed by atoms with E-state index in [1.165, 1.54) is 34.5 Å². The lowest BCUT2D eigenvalue weighted by Crippen LogP contribution is -2.24. The van der Waals surface area contributed by atoms with Crippen LogP contribution in [0.5, 0.6) is 28.7 Å². The molecule has 1 N–H and O–H groups in total. The van der Waals surface area contributed by atoms with Gasteiger partial charge in [-0.1, -0.05) is 13.0 Å². The van der Waals surface area contributed by atoms with Crippen LogP contribution in [0, 0.1) is 10.1 Å². The molecular formula is C21H26N2O8. The third kappa shape index (κ3) is 5.27. The molecule has 0 unspecified atom stereocenters. The summed E-state index contributed by atoms with van der Waals surface area (Å²) in [6.07, 6.45) is 0.856. The van der Waals surface area contributed by atoms with Gasteiger partial charge in [-0.05, 0) is 24.1 Å². The fourth-order valence-electron chi connectivity index (χ4n) is 2.93. The molecule has 31 heavy (non-hydrogen) atoms. The van der Waals surface area contributed by atoms with Gasteiger partial charge in [0.05, 0.1) is 40.0 Å². The number of ether oxygens (including phenoxy) is 5. The molecule has 0 fully saturated rings. The van der Waals surface area contributed by atoms with Gasteiger partial charge in [0.1, 0.15) is 5.56 Å². The summed E-state index contributed by atoms with van der Waals surface area (Å²) < 4.78 is 26.5. The van der Waals surface area contributed by atoms with Crippen molar-refractivity contribution in [1.29, 1.82) is 0 Å². The summed E-state index contributed by atoms with van der Waals surface area (Å²) in [5.74, 6) is 0.417. The van der Waals surface area contributed by atoms with Crippen molar-refractivity contribution in [1.82, 2.24) is 5.32 Å². The number of methoxy groups -OCH3 is 4. The van der Waals surface area contributed by atoms with Crippen molar-refractivity contribution >= 4 is 11.6 Å². The predicted molar refractivity (Wildman–Crippen MR) is 113 cm³/mol. The summed E-state index contributed by atoms with van der Waals surface area (Å²) in [6, 6.07) is 6.50. The molecule has 2 rings (SSSR count). The second kappa shape index (κ2) is 10.9. The number of carbonyl (C=O) groups excluding carboxylic acids is 1. The van der Waals surface area contributed by atoms with Crippen LogP contribution in [-0.4, -0.2) is 45.9 Å². The highest BCUT2D eigenvalue weighted by Gasteiger charge is 2.32. The van der Waals surface area contributed by atoms with Crippen LogP contribution in [0.2, 0.25) is 0 Å². The number of nitrogens with one attached hydrogen (secondary N) is 1. The second-order valence-corrected chi connectivity index (χ2v) is 6.31. The Hall–Kier alpha value is -3.69. The van der Waals surface area contributed by atoms with Gasteiger partial charge in [0.25, 0.3) is 5.91 Å². The van der Waals surface area contributed by atoms with Crippen LogP contribution in [0.4, 0.5) is 5.69 Å². The number of nitrogens with zero attached hydrogens (tertiary/aromatic N) is 1. The molecule has 0 atom stereocenters. The summed E-state index contributed by atoms with van der Waals surface area (Å²) >= 11 is 0. The SMILES string of the molecule is CCCOc1ccc(CNC(=O)c2cc(OC)c(OC)c(OC)c2[N+](=O)[O-])cc1OC. The average molecular weight is 434 g/mol. The minimum atomic E-state index is -0.696. The number of nitro benzene ring substituents is 1. The van der Waals surface area contributed by atoms with Crippen LogP contribution < -0.4 is 29.0 Å². The topological polar surface area (TPSA) is 118 Å². The van der Waals surface area contributed by atoms with Gasteiger partial charge >= 0.3 is 5.69 Å². The van der Waals surface area contributed by atoms with Crippen molar-refractivity contribution in [3.05, 3.63) is 45.5 Å². The van der Waals surface area contributed by atoms with Crippen molar-refractivity contribution < 1.29 is 33.4 Å². The third-order valence-corrected chi connectivity index (χ3v) is 4.37. The van der Waals surface area contributed by atoms with Crippen molar-refractivity contribution in [2.75, 3.05) is 35.0 Å². The fraction of sp³-hybridized carbons (Fsp3) is 0.381. The van der Waals surface area contributed by atoms with E-state index in [0.29, 0.717) is 18.1 Å². The van der Waals surface area contributed by atoms with Crippen molar-refractivity contribution in [3.63, 3.8) is 0 Å². The largest absolute Gasteiger partial charge is 0.493 e. The molecule has 10 heteroatoms. The van der Waals surface area contributed by atoms with E-state index in [2.05, 4.69) is 5.32 Å². The Morgan fingerprint density at radius 1 is 0.968 bits per heavy atom. The monoisotopic (exact) mass is 434 g/mol. The van der Waals surface area contributed by atoms with E-state index >= 15 is 0 Å². The van der Waals surface area contributed by atoms with Crippen LogP contribution in [0.1, 0.15) is 29.3 Å². The summed E-state index contributed by atoms with van der Waals surface area (Å²) in [7, 11) is 5.46. The van der Waals surface area contributed by atoms with E-state index in [1.807, 2.05) is 6.92 Å². The molecule has 0 aromatic heterocycles. The number of carbonyl (C=O) groups is 1. The molecule has 10 nitrogen and oxygen atoms in total. The molecular weight excluding hydrogens is 408 g/mol. The molecule has 0 heterocycles. The first-order valence-corrected chi connectivity index (χ1v) is 9.46. The summed E-state index contributed by atoms with van der Waals surface area (Å²) in [5, 5.41) is 14.3. The maximum atomic E-state index is 12.8. The van der Waals surface area contributed by atoms with Crippen molar-refractivity contribution in [2.45, 2.75) is 19.9 Å². The number of benzene rings is 2. The van der Waals surface area contributed by atoms with Gasteiger partial charge in [-0.25, -0.2) is 0 Å². The molecule has 1 amide bonds. The van der Waals surface area contributed by atoms with Gasteiger partial charge in [-0.15, -0.1) is 0 Å². The van der Waals surface area contributed by atoms with Crippen molar-refractivity contribution in [2.24, 2.45) is 0 Å². The Bertz CT molecular complexity index is 945. The zero-order chi connectivity index (χ0) is 23.0. The van der Waals surface area contributed by atoms with E-state index < -0.39 is 16.5 Å². The standard InChI is InChI=1S/C21H26N2O8/c1-6-9-31-15-8-7-13(10-16(15)27-2)12-22-21(24)14-11-17(28-3)19(29-4)20(30-5)18(14)23(25)26/h7-8,10-11H,6,9,12H2,1-5H3,(H,22,24). The quantitative estimate of drug-likeness (QED) is 0.422. The Labute approximate surface area is 180 Å². The van der Waals surface area contributed by atoms with Gasteiger partial charge in [0.2, 0.25) is 11.5 Å². The third-order valence-electron chi connectivity index (χ3n) is 4.37. The first kappa shape index (κ1) is 23.6. The molecule has 0 aliphatic heterocycles. The first-order chi connectivity index (χ1) is 14.9. The minimum Gasteiger partial charge on any atom is -0.493 e. The lowest BCUT2D eigenvalue weighted by molar-refractivity contribution is -0.386. The molecule has 0 saturated heterocycles. The van der Waals surface area contributed by atoms with Crippen molar-refractivity contribution in [3.8, 4) is 28.7 Å². The minimum absolute atomic E-state index is 0.0284. The van der Waals surface area contributed by atoms with E-state index in [4.69, 9.17) is 23.7 Å². The Morgan fingerprint density at radius 2 is 1.65 bits per heavy atom. The molecule has 0 aliphatic rings. The zero-order valence-corrected chi connectivity index (χ0v) is 18.1. The highest BCUT2D eigenvalue weighted by Crippen LogP contribution is 2.46. The Morgan fingerprint density at radius 3 is 2.19 bits per heavy atom. The van der Waals surface area contributed by atoms with Gasteiger partial charge in [-0.2, -0.15) is 0 Å². The zero-order valence-electron chi connectivity index (χ0n) is 18.1. The first-order valence-electron chi connectivity index (χ1n) is 9.46. The molecule has 168 valence electrons. The number of rotatable bonds is 11. The van der Waals surface area contributed by atoms with Gasteiger partial charge in [-0.3, -0.25) is 14.9 Å². The molecule has 0 bridgehead atoms. The summed E-state index contributed by atoms with van der Waals surface area (Å²) in [6.45, 7) is 2.66. The van der Waals surface area contributed by atoms with Crippen LogP contribution >= 0.6 is 0 Å². The number of hydrogen-bond donors (Lipinski definition) is 1. The molecule has 0 aliphatic carbocycles. The van der Waals surface area contributed by atoms with Gasteiger partial charge in [0, 0.05) is 12.6 Å². The van der Waals surface area contributed by atoms with Crippen LogP contribution in [0.15, 0.2) is 24.3 Å². The molecule has 0 spiro atoms. The second-order valence-electron chi connectivity index (χ2n) is 6.31. The van der Waals surface area contributed by atoms with Crippen LogP contribution in [-0.2, 0) is 6.54 Å². The normalized spacial score (nSPS) is 10.2. The molecule has 0 radical (unpaired) electrons. The maximum absolute atomic E-state index is 12.8. The smallest absolute Gasteiger partial charge is 0.327 e. The lowest BCUT2D eigenvalue weighted by Gasteiger charge is -2.15. The number of nitro groups is 1. The Kier molecular flexibility index (Phi) is 8.30. The van der Waals surface area contributed by atoms with Gasteiger partial charge in [0.15, 0.2) is 17.2 Å². The predicted octanol–water partition coefficient (Wildman–Crippen LogP) is 3.35. The average Bonchev–Trinajstić information content (AvgIpc) is 2.79. The highest BCUT2D eigenvalue weighted by molar-refractivity contribution is 6.00. The fourth-order valence-corrected chi connectivity index (χ4v) is 2.93. The van der Waals surface area contributed by atoms with Crippen LogP contribution in [0.3, 0.4) is 0 Å².